The lowest BCUT2D eigenvalue weighted by atomic mass is 9.88. The SMILES string of the molecule is CC(C)C(C)(C#Cc1ccccc1F)NC(=O)c1cnc2c(F)cccc2c1. The van der Waals surface area contributed by atoms with Crippen LogP contribution in [0.15, 0.2) is 54.7 Å². The second kappa shape index (κ2) is 7.77. The number of pyridine rings is 1. The van der Waals surface area contributed by atoms with Crippen LogP contribution in [0.4, 0.5) is 8.78 Å². The topological polar surface area (TPSA) is 42.0 Å². The zero-order chi connectivity index (χ0) is 20.3. The molecule has 0 aliphatic heterocycles. The molecule has 0 saturated carbocycles. The highest BCUT2D eigenvalue weighted by molar-refractivity contribution is 5.98. The summed E-state index contributed by atoms with van der Waals surface area (Å²) in [6.07, 6.45) is 1.34. The van der Waals surface area contributed by atoms with Gasteiger partial charge in [0.2, 0.25) is 0 Å². The van der Waals surface area contributed by atoms with Crippen LogP contribution in [-0.2, 0) is 0 Å². The fraction of sp³-hybridized carbons (Fsp3) is 0.217. The number of fused-ring (bicyclic) bond motifs is 1. The van der Waals surface area contributed by atoms with Crippen molar-refractivity contribution in [2.45, 2.75) is 26.3 Å². The van der Waals surface area contributed by atoms with Crippen molar-refractivity contribution in [2.24, 2.45) is 5.92 Å². The summed E-state index contributed by atoms with van der Waals surface area (Å²) in [4.78, 5) is 16.8. The lowest BCUT2D eigenvalue weighted by molar-refractivity contribution is 0.0908. The van der Waals surface area contributed by atoms with Gasteiger partial charge < -0.3 is 5.32 Å². The Morgan fingerprint density at radius 1 is 1.11 bits per heavy atom. The minimum atomic E-state index is -0.893. The van der Waals surface area contributed by atoms with Gasteiger partial charge in [0.15, 0.2) is 0 Å². The highest BCUT2D eigenvalue weighted by Crippen LogP contribution is 2.20. The predicted octanol–water partition coefficient (Wildman–Crippen LogP) is 4.71. The Labute approximate surface area is 162 Å². The van der Waals surface area contributed by atoms with E-state index in [2.05, 4.69) is 22.1 Å². The molecule has 1 atom stereocenters. The second-order valence-corrected chi connectivity index (χ2v) is 7.08. The summed E-state index contributed by atoms with van der Waals surface area (Å²) < 4.78 is 27.6. The molecule has 0 fully saturated rings. The maximum Gasteiger partial charge on any atom is 0.254 e. The third-order valence-electron chi connectivity index (χ3n) is 4.78. The van der Waals surface area contributed by atoms with Crippen LogP contribution in [0.3, 0.4) is 0 Å². The third kappa shape index (κ3) is 4.01. The first-order chi connectivity index (χ1) is 13.3. The van der Waals surface area contributed by atoms with Crippen LogP contribution in [0.2, 0.25) is 0 Å². The van der Waals surface area contributed by atoms with E-state index in [0.29, 0.717) is 10.9 Å². The van der Waals surface area contributed by atoms with Crippen LogP contribution in [0, 0.1) is 29.4 Å². The summed E-state index contributed by atoms with van der Waals surface area (Å²) in [5.41, 5.74) is -0.106. The molecule has 3 aromatic rings. The smallest absolute Gasteiger partial charge is 0.254 e. The van der Waals surface area contributed by atoms with Gasteiger partial charge in [-0.25, -0.2) is 8.78 Å². The molecule has 1 heterocycles. The zero-order valence-electron chi connectivity index (χ0n) is 15.9. The van der Waals surface area contributed by atoms with E-state index < -0.39 is 17.2 Å². The number of para-hydroxylation sites is 1. The number of hydrogen-bond donors (Lipinski definition) is 1. The molecule has 0 radical (unpaired) electrons. The van der Waals surface area contributed by atoms with E-state index in [9.17, 15) is 13.6 Å². The van der Waals surface area contributed by atoms with Gasteiger partial charge in [0.05, 0.1) is 11.1 Å². The quantitative estimate of drug-likeness (QED) is 0.671. The van der Waals surface area contributed by atoms with E-state index in [1.54, 1.807) is 43.3 Å². The van der Waals surface area contributed by atoms with Gasteiger partial charge in [-0.15, -0.1) is 0 Å². The van der Waals surface area contributed by atoms with Gasteiger partial charge >= 0.3 is 0 Å². The summed E-state index contributed by atoms with van der Waals surface area (Å²) in [5, 5.41) is 3.45. The Kier molecular flexibility index (Phi) is 5.41. The zero-order valence-corrected chi connectivity index (χ0v) is 15.9. The molecular formula is C23H20F2N2O. The van der Waals surface area contributed by atoms with Gasteiger partial charge in [-0.2, -0.15) is 0 Å². The number of rotatable bonds is 3. The summed E-state index contributed by atoms with van der Waals surface area (Å²) >= 11 is 0. The summed E-state index contributed by atoms with van der Waals surface area (Å²) in [5.74, 6) is 4.56. The largest absolute Gasteiger partial charge is 0.336 e. The fourth-order valence-electron chi connectivity index (χ4n) is 2.64. The van der Waals surface area contributed by atoms with E-state index in [1.807, 2.05) is 13.8 Å². The van der Waals surface area contributed by atoms with Crippen LogP contribution in [0.25, 0.3) is 10.9 Å². The number of carbonyl (C=O) groups is 1. The molecular weight excluding hydrogens is 358 g/mol. The van der Waals surface area contributed by atoms with Gasteiger partial charge in [0.1, 0.15) is 22.7 Å². The van der Waals surface area contributed by atoms with Crippen molar-refractivity contribution in [1.82, 2.24) is 10.3 Å². The van der Waals surface area contributed by atoms with E-state index >= 15 is 0 Å². The molecule has 1 amide bonds. The molecule has 142 valence electrons. The Morgan fingerprint density at radius 2 is 1.82 bits per heavy atom. The number of nitrogens with zero attached hydrogens (tertiary/aromatic N) is 1. The Hall–Kier alpha value is -3.26. The fourth-order valence-corrected chi connectivity index (χ4v) is 2.64. The van der Waals surface area contributed by atoms with Crippen molar-refractivity contribution in [3.63, 3.8) is 0 Å². The van der Waals surface area contributed by atoms with E-state index in [1.165, 1.54) is 18.3 Å². The monoisotopic (exact) mass is 378 g/mol. The normalized spacial score (nSPS) is 12.9. The highest BCUT2D eigenvalue weighted by atomic mass is 19.1. The number of aromatic nitrogens is 1. The number of halogens is 2. The molecule has 3 nitrogen and oxygen atoms in total. The highest BCUT2D eigenvalue weighted by Gasteiger charge is 2.29. The molecule has 1 unspecified atom stereocenters. The molecule has 0 aliphatic carbocycles. The maximum absolute atomic E-state index is 13.8. The molecule has 1 N–H and O–H groups in total. The maximum atomic E-state index is 13.8. The van der Waals surface area contributed by atoms with Crippen LogP contribution in [-0.4, -0.2) is 16.4 Å². The average molecular weight is 378 g/mol. The lowest BCUT2D eigenvalue weighted by Gasteiger charge is -2.29. The van der Waals surface area contributed by atoms with Gasteiger partial charge in [0, 0.05) is 11.6 Å². The average Bonchev–Trinajstić information content (AvgIpc) is 2.67. The minimum Gasteiger partial charge on any atom is -0.336 e. The van der Waals surface area contributed by atoms with Crippen LogP contribution in [0.1, 0.15) is 36.7 Å². The van der Waals surface area contributed by atoms with Crippen LogP contribution < -0.4 is 5.32 Å². The summed E-state index contributed by atoms with van der Waals surface area (Å²) in [7, 11) is 0. The predicted molar refractivity (Wildman–Crippen MR) is 106 cm³/mol. The Morgan fingerprint density at radius 3 is 2.54 bits per heavy atom. The number of amides is 1. The molecule has 0 saturated heterocycles. The van der Waals surface area contributed by atoms with Gasteiger partial charge in [0.25, 0.3) is 5.91 Å². The summed E-state index contributed by atoms with van der Waals surface area (Å²) in [6.45, 7) is 5.63. The second-order valence-electron chi connectivity index (χ2n) is 7.08. The first-order valence-electron chi connectivity index (χ1n) is 8.94. The molecule has 0 aliphatic rings. The molecule has 3 rings (SSSR count). The molecule has 0 spiro atoms. The van der Waals surface area contributed by atoms with Crippen molar-refractivity contribution >= 4 is 16.8 Å². The molecule has 0 bridgehead atoms. The van der Waals surface area contributed by atoms with Crippen molar-refractivity contribution in [2.75, 3.05) is 0 Å². The number of nitrogens with one attached hydrogen (secondary N) is 1. The lowest BCUT2D eigenvalue weighted by Crippen LogP contribution is -2.49. The van der Waals surface area contributed by atoms with Gasteiger partial charge in [-0.1, -0.05) is 50.0 Å². The Balaban J connectivity index is 1.90. The first-order valence-corrected chi connectivity index (χ1v) is 8.94. The number of benzene rings is 2. The van der Waals surface area contributed by atoms with Crippen molar-refractivity contribution < 1.29 is 13.6 Å². The third-order valence-corrected chi connectivity index (χ3v) is 4.78. The Bertz CT molecular complexity index is 1100. The van der Waals surface area contributed by atoms with Crippen molar-refractivity contribution in [3.05, 3.63) is 77.5 Å². The van der Waals surface area contributed by atoms with Crippen molar-refractivity contribution in [1.29, 1.82) is 0 Å². The minimum absolute atomic E-state index is 0.0402. The van der Waals surface area contributed by atoms with Crippen LogP contribution >= 0.6 is 0 Å². The first kappa shape index (κ1) is 19.5. The van der Waals surface area contributed by atoms with Crippen LogP contribution in [0.5, 0.6) is 0 Å². The van der Waals surface area contributed by atoms with E-state index in [0.717, 1.165) is 0 Å². The molecule has 28 heavy (non-hydrogen) atoms. The standard InChI is InChI=1S/C23H20F2N2O/c1-15(2)23(3,12-11-16-7-4-5-9-19(16)24)27-22(28)18-13-17-8-6-10-20(25)21(17)26-14-18/h4-10,13-15H,1-3H3,(H,27,28). The van der Waals surface area contributed by atoms with Gasteiger partial charge in [-0.3, -0.25) is 9.78 Å². The van der Waals surface area contributed by atoms with E-state index in [-0.39, 0.29) is 22.9 Å². The number of carbonyl (C=O) groups excluding carboxylic acids is 1. The summed E-state index contributed by atoms with van der Waals surface area (Å²) in [6, 6.07) is 12.4. The van der Waals surface area contributed by atoms with Gasteiger partial charge in [-0.05, 0) is 37.1 Å². The van der Waals surface area contributed by atoms with Crippen molar-refractivity contribution in [3.8, 4) is 11.8 Å². The molecule has 2 aromatic carbocycles. The van der Waals surface area contributed by atoms with E-state index in [4.69, 9.17) is 0 Å². The molecule has 1 aromatic heterocycles. The number of hydrogen-bond acceptors (Lipinski definition) is 2. The molecule has 5 heteroatoms.